The Balaban J connectivity index is 0.984. The minimum Gasteiger partial charge on any atom is -0.455 e. The van der Waals surface area contributed by atoms with E-state index in [-0.39, 0.29) is 35.5 Å². The molecule has 1 N–H and O–H groups in total. The number of carbonyl (C=O) groups excluding carboxylic acids is 3. The SMILES string of the molecule is CC(NC(=O)COC(=O)CSc1ccc2c3c(cccc13)C(=O)c1ccccc1-2)C12CC3CC(CC(C3)C1)C2. The van der Waals surface area contributed by atoms with Gasteiger partial charge >= 0.3 is 5.97 Å². The van der Waals surface area contributed by atoms with E-state index in [0.29, 0.717) is 5.56 Å². The number of amides is 1. The van der Waals surface area contributed by atoms with Gasteiger partial charge in [0.1, 0.15) is 0 Å². The first-order valence-electron chi connectivity index (χ1n) is 14.2. The number of ether oxygens (including phenoxy) is 1. The van der Waals surface area contributed by atoms with Gasteiger partial charge < -0.3 is 10.1 Å². The van der Waals surface area contributed by atoms with Gasteiger partial charge in [-0.2, -0.15) is 0 Å². The first-order valence-corrected chi connectivity index (χ1v) is 15.2. The summed E-state index contributed by atoms with van der Waals surface area (Å²) in [5.41, 5.74) is 3.61. The highest BCUT2D eigenvalue weighted by molar-refractivity contribution is 8.00. The lowest BCUT2D eigenvalue weighted by Crippen LogP contribution is -2.56. The van der Waals surface area contributed by atoms with E-state index in [1.54, 1.807) is 0 Å². The van der Waals surface area contributed by atoms with Crippen molar-refractivity contribution in [1.29, 1.82) is 0 Å². The van der Waals surface area contributed by atoms with Crippen molar-refractivity contribution >= 4 is 40.2 Å². The molecule has 0 heterocycles. The van der Waals surface area contributed by atoms with Crippen LogP contribution in [0.5, 0.6) is 0 Å². The lowest BCUT2D eigenvalue weighted by molar-refractivity contribution is -0.147. The van der Waals surface area contributed by atoms with Gasteiger partial charge in [0.05, 0.1) is 5.75 Å². The third kappa shape index (κ3) is 4.28. The zero-order chi connectivity index (χ0) is 26.7. The summed E-state index contributed by atoms with van der Waals surface area (Å²) in [4.78, 5) is 39.4. The first kappa shape index (κ1) is 24.9. The van der Waals surface area contributed by atoms with E-state index in [1.165, 1.54) is 50.3 Å². The topological polar surface area (TPSA) is 72.5 Å². The Bertz CT molecular complexity index is 1480. The molecule has 0 aromatic heterocycles. The number of hydrogen-bond donors (Lipinski definition) is 1. The number of thioether (sulfide) groups is 1. The molecule has 0 saturated heterocycles. The normalized spacial score (nSPS) is 26.8. The summed E-state index contributed by atoms with van der Waals surface area (Å²) in [5, 5.41) is 5.05. The summed E-state index contributed by atoms with van der Waals surface area (Å²) >= 11 is 1.38. The van der Waals surface area contributed by atoms with Gasteiger partial charge in [0.25, 0.3) is 5.91 Å². The van der Waals surface area contributed by atoms with Crippen LogP contribution in [-0.4, -0.2) is 36.1 Å². The molecular formula is C33H33NO4S. The molecule has 0 radical (unpaired) electrons. The minimum absolute atomic E-state index is 0.0269. The fourth-order valence-corrected chi connectivity index (χ4v) is 9.30. The molecule has 4 saturated carbocycles. The maximum Gasteiger partial charge on any atom is 0.316 e. The van der Waals surface area contributed by atoms with Crippen LogP contribution in [0.25, 0.3) is 21.9 Å². The molecule has 6 heteroatoms. The average Bonchev–Trinajstić information content (AvgIpc) is 2.93. The van der Waals surface area contributed by atoms with Gasteiger partial charge in [-0.1, -0.05) is 48.5 Å². The lowest BCUT2D eigenvalue weighted by Gasteiger charge is -2.59. The molecule has 5 aliphatic rings. The van der Waals surface area contributed by atoms with Crippen molar-refractivity contribution in [3.05, 3.63) is 65.7 Å². The number of ketones is 1. The second-order valence-corrected chi connectivity index (χ2v) is 13.2. The molecule has 5 aliphatic carbocycles. The van der Waals surface area contributed by atoms with Crippen LogP contribution in [0.4, 0.5) is 0 Å². The van der Waals surface area contributed by atoms with Crippen LogP contribution in [0.1, 0.15) is 61.4 Å². The zero-order valence-electron chi connectivity index (χ0n) is 22.2. The molecule has 1 atom stereocenters. The van der Waals surface area contributed by atoms with Crippen molar-refractivity contribution in [2.24, 2.45) is 23.2 Å². The van der Waals surface area contributed by atoms with Crippen molar-refractivity contribution in [3.8, 4) is 11.1 Å². The smallest absolute Gasteiger partial charge is 0.316 e. The third-order valence-electron chi connectivity index (χ3n) is 9.80. The van der Waals surface area contributed by atoms with E-state index in [1.807, 2.05) is 54.6 Å². The highest BCUT2D eigenvalue weighted by atomic mass is 32.2. The standard InChI is InChI=1S/C33H33NO4S/c1-19(33-14-20-11-21(15-33)13-22(12-20)16-33)34-29(35)17-38-30(36)18-39-28-10-9-24-23-5-2-3-6-25(23)32(37)27-8-4-7-26(28)31(24)27/h2-10,19-22H,11-18H2,1H3,(H,34,35). The van der Waals surface area contributed by atoms with E-state index < -0.39 is 5.97 Å². The van der Waals surface area contributed by atoms with Crippen LogP contribution in [0.2, 0.25) is 0 Å². The second kappa shape index (κ2) is 9.51. The first-order chi connectivity index (χ1) is 18.9. The number of fused-ring (bicyclic) bond motifs is 2. The molecule has 1 unspecified atom stereocenters. The molecule has 1 amide bonds. The van der Waals surface area contributed by atoms with E-state index in [4.69, 9.17) is 4.74 Å². The predicted octanol–water partition coefficient (Wildman–Crippen LogP) is 6.41. The quantitative estimate of drug-likeness (QED) is 0.217. The van der Waals surface area contributed by atoms with Crippen molar-refractivity contribution in [3.63, 3.8) is 0 Å². The van der Waals surface area contributed by atoms with Crippen LogP contribution in [0.15, 0.2) is 59.5 Å². The number of rotatable bonds is 7. The fourth-order valence-electron chi connectivity index (χ4n) is 8.45. The molecule has 0 spiro atoms. The molecular weight excluding hydrogens is 506 g/mol. The maximum atomic E-state index is 13.2. The van der Waals surface area contributed by atoms with E-state index >= 15 is 0 Å². The Labute approximate surface area is 233 Å². The molecule has 39 heavy (non-hydrogen) atoms. The molecule has 8 rings (SSSR count). The Kier molecular flexibility index (Phi) is 6.07. The molecule has 3 aromatic carbocycles. The Morgan fingerprint density at radius 3 is 2.28 bits per heavy atom. The summed E-state index contributed by atoms with van der Waals surface area (Å²) in [5.74, 6) is 1.98. The number of benzene rings is 3. The van der Waals surface area contributed by atoms with Crippen LogP contribution in [0.3, 0.4) is 0 Å². The molecule has 4 bridgehead atoms. The van der Waals surface area contributed by atoms with Crippen LogP contribution in [-0.2, 0) is 14.3 Å². The molecule has 4 fully saturated rings. The largest absolute Gasteiger partial charge is 0.455 e. The van der Waals surface area contributed by atoms with Gasteiger partial charge in [-0.3, -0.25) is 14.4 Å². The van der Waals surface area contributed by atoms with Crippen molar-refractivity contribution < 1.29 is 19.1 Å². The number of esters is 1. The van der Waals surface area contributed by atoms with Gasteiger partial charge in [-0.25, -0.2) is 0 Å². The minimum atomic E-state index is -0.417. The van der Waals surface area contributed by atoms with Gasteiger partial charge in [0.2, 0.25) is 0 Å². The van der Waals surface area contributed by atoms with Gasteiger partial charge in [-0.15, -0.1) is 11.8 Å². The summed E-state index contributed by atoms with van der Waals surface area (Å²) in [6.07, 6.45) is 7.79. The average molecular weight is 540 g/mol. The van der Waals surface area contributed by atoms with E-state index in [9.17, 15) is 14.4 Å². The van der Waals surface area contributed by atoms with Crippen LogP contribution in [0, 0.1) is 23.2 Å². The lowest BCUT2D eigenvalue weighted by atomic mass is 9.48. The highest BCUT2D eigenvalue weighted by Gasteiger charge is 2.53. The van der Waals surface area contributed by atoms with Crippen LogP contribution < -0.4 is 5.32 Å². The summed E-state index contributed by atoms with van der Waals surface area (Å²) in [7, 11) is 0. The summed E-state index contributed by atoms with van der Waals surface area (Å²) < 4.78 is 5.37. The van der Waals surface area contributed by atoms with Gasteiger partial charge in [0.15, 0.2) is 12.4 Å². The Morgan fingerprint density at radius 2 is 1.56 bits per heavy atom. The zero-order valence-corrected chi connectivity index (χ0v) is 23.0. The van der Waals surface area contributed by atoms with Crippen molar-refractivity contribution in [2.75, 3.05) is 12.4 Å². The summed E-state index contributed by atoms with van der Waals surface area (Å²) in [6.45, 7) is 1.90. The van der Waals surface area contributed by atoms with Crippen LogP contribution >= 0.6 is 11.8 Å². The predicted molar refractivity (Wildman–Crippen MR) is 153 cm³/mol. The van der Waals surface area contributed by atoms with E-state index in [0.717, 1.165) is 50.1 Å². The Hall–Kier alpha value is -3.12. The molecule has 3 aromatic rings. The fraction of sp³-hybridized carbons (Fsp3) is 0.424. The molecule has 0 aliphatic heterocycles. The molecule has 5 nitrogen and oxygen atoms in total. The number of carbonyl (C=O) groups is 3. The summed E-state index contributed by atoms with van der Waals surface area (Å²) in [6, 6.07) is 17.6. The monoisotopic (exact) mass is 539 g/mol. The number of nitrogens with one attached hydrogen (secondary N) is 1. The Morgan fingerprint density at radius 1 is 0.897 bits per heavy atom. The van der Waals surface area contributed by atoms with Crippen molar-refractivity contribution in [1.82, 2.24) is 5.32 Å². The van der Waals surface area contributed by atoms with Gasteiger partial charge in [0, 0.05) is 27.5 Å². The number of hydrogen-bond acceptors (Lipinski definition) is 5. The van der Waals surface area contributed by atoms with Gasteiger partial charge in [-0.05, 0) is 91.2 Å². The van der Waals surface area contributed by atoms with E-state index in [2.05, 4.69) is 12.2 Å². The maximum absolute atomic E-state index is 13.2. The molecule has 200 valence electrons. The van der Waals surface area contributed by atoms with Crippen molar-refractivity contribution in [2.45, 2.75) is 56.4 Å². The third-order valence-corrected chi connectivity index (χ3v) is 10.8. The second-order valence-electron chi connectivity index (χ2n) is 12.2. The highest BCUT2D eigenvalue weighted by Crippen LogP contribution is 2.61.